The quantitative estimate of drug-likeness (QED) is 0.161. The second-order valence-corrected chi connectivity index (χ2v) is 15.2. The van der Waals surface area contributed by atoms with Gasteiger partial charge in [-0.3, -0.25) is 0 Å². The maximum absolute atomic E-state index is 6.36. The fraction of sp³-hybridized carbons (Fsp3) is 0.484. The highest BCUT2D eigenvalue weighted by atomic mass is 32.1. The van der Waals surface area contributed by atoms with Gasteiger partial charge in [-0.1, -0.05) is 0 Å². The highest BCUT2D eigenvalue weighted by molar-refractivity contribution is 7.23. The summed E-state index contributed by atoms with van der Waals surface area (Å²) in [5, 5.41) is 4.07. The molecular formula is C31H36O8S4. The molecule has 2 aliphatic rings. The van der Waals surface area contributed by atoms with Gasteiger partial charge >= 0.3 is 0 Å². The zero-order valence-corrected chi connectivity index (χ0v) is 28.0. The average Bonchev–Trinajstić information content (AvgIpc) is 3.78. The molecule has 0 aromatic carbocycles. The Hall–Kier alpha value is -2.16. The zero-order chi connectivity index (χ0) is 29.9. The third-order valence-electron chi connectivity index (χ3n) is 7.46. The van der Waals surface area contributed by atoms with Crippen molar-refractivity contribution in [3.63, 3.8) is 0 Å². The van der Waals surface area contributed by atoms with E-state index < -0.39 is 0 Å². The summed E-state index contributed by atoms with van der Waals surface area (Å²) in [6.07, 6.45) is 0.862. The van der Waals surface area contributed by atoms with Gasteiger partial charge in [-0.2, -0.15) is 0 Å². The van der Waals surface area contributed by atoms with Crippen molar-refractivity contribution in [2.45, 2.75) is 6.42 Å². The monoisotopic (exact) mass is 664 g/mol. The standard InChI is InChI=1S/C31H36O8S4/c1-32-12-30(13-33-2)16-36-22-10-40-28(26(22)38-18-30)24-7-5-20(42-24)9-21-6-8-25(43-21)29-27-23(11-41-29)37-17-31(14-34-3,15-35-4)19-39-27/h5-8,10-11H,9,12-19H2,1-4H3. The predicted octanol–water partition coefficient (Wildman–Crippen LogP) is 6.96. The SMILES string of the molecule is COCC1(COC)COc2csc(-c3ccc(Cc4ccc(-c5scc6c5OCC(COC)(COC)CO6)s4)s3)c2OC1. The summed E-state index contributed by atoms with van der Waals surface area (Å²) < 4.78 is 47.0. The van der Waals surface area contributed by atoms with E-state index in [1.54, 1.807) is 73.8 Å². The van der Waals surface area contributed by atoms with Crippen LogP contribution in [0.5, 0.6) is 23.0 Å². The summed E-state index contributed by atoms with van der Waals surface area (Å²) in [6, 6.07) is 8.79. The predicted molar refractivity (Wildman–Crippen MR) is 172 cm³/mol. The Morgan fingerprint density at radius 1 is 0.581 bits per heavy atom. The molecule has 0 aliphatic carbocycles. The first-order valence-electron chi connectivity index (χ1n) is 13.9. The largest absolute Gasteiger partial charge is 0.488 e. The van der Waals surface area contributed by atoms with E-state index in [1.807, 2.05) is 10.8 Å². The van der Waals surface area contributed by atoms with Crippen molar-refractivity contribution in [1.82, 2.24) is 0 Å². The van der Waals surface area contributed by atoms with E-state index in [-0.39, 0.29) is 10.8 Å². The van der Waals surface area contributed by atoms with E-state index in [0.29, 0.717) is 52.9 Å². The van der Waals surface area contributed by atoms with E-state index >= 15 is 0 Å². The van der Waals surface area contributed by atoms with Gasteiger partial charge in [0, 0.05) is 65.1 Å². The minimum absolute atomic E-state index is 0.343. The van der Waals surface area contributed by atoms with Crippen LogP contribution in [0.2, 0.25) is 0 Å². The summed E-state index contributed by atoms with van der Waals surface area (Å²) in [4.78, 5) is 7.14. The molecule has 0 N–H and O–H groups in total. The second-order valence-electron chi connectivity index (χ2n) is 11.1. The van der Waals surface area contributed by atoms with Gasteiger partial charge < -0.3 is 37.9 Å². The molecule has 2 aliphatic heterocycles. The Morgan fingerprint density at radius 2 is 0.977 bits per heavy atom. The molecule has 6 rings (SSSR count). The van der Waals surface area contributed by atoms with Crippen LogP contribution in [-0.2, 0) is 25.4 Å². The molecule has 0 atom stereocenters. The van der Waals surface area contributed by atoms with Crippen LogP contribution in [0.3, 0.4) is 0 Å². The summed E-state index contributed by atoms with van der Waals surface area (Å²) in [6.45, 7) is 3.94. The molecule has 0 saturated heterocycles. The Bertz CT molecular complexity index is 1380. The number of fused-ring (bicyclic) bond motifs is 2. The van der Waals surface area contributed by atoms with Crippen LogP contribution < -0.4 is 18.9 Å². The molecule has 12 heteroatoms. The van der Waals surface area contributed by atoms with Gasteiger partial charge in [0.25, 0.3) is 0 Å². The van der Waals surface area contributed by atoms with Crippen molar-refractivity contribution < 1.29 is 37.9 Å². The Balaban J connectivity index is 1.15. The molecule has 0 radical (unpaired) electrons. The van der Waals surface area contributed by atoms with E-state index in [9.17, 15) is 0 Å². The maximum Gasteiger partial charge on any atom is 0.180 e. The number of ether oxygens (including phenoxy) is 8. The summed E-state index contributed by atoms with van der Waals surface area (Å²) in [5.41, 5.74) is -0.686. The lowest BCUT2D eigenvalue weighted by Crippen LogP contribution is -2.42. The molecule has 8 nitrogen and oxygen atoms in total. The molecule has 0 bridgehead atoms. The molecule has 232 valence electrons. The van der Waals surface area contributed by atoms with E-state index in [0.717, 1.165) is 39.2 Å². The lowest BCUT2D eigenvalue weighted by molar-refractivity contribution is -0.0360. The van der Waals surface area contributed by atoms with Crippen LogP contribution in [-0.4, -0.2) is 81.3 Å². The highest BCUT2D eigenvalue weighted by Crippen LogP contribution is 2.50. The summed E-state index contributed by atoms with van der Waals surface area (Å²) >= 11 is 6.90. The van der Waals surface area contributed by atoms with E-state index in [2.05, 4.69) is 24.3 Å². The highest BCUT2D eigenvalue weighted by Gasteiger charge is 2.38. The number of hydrogen-bond donors (Lipinski definition) is 0. The number of rotatable bonds is 12. The van der Waals surface area contributed by atoms with Crippen LogP contribution in [0.25, 0.3) is 19.5 Å². The molecule has 0 unspecified atom stereocenters. The smallest absolute Gasteiger partial charge is 0.180 e. The van der Waals surface area contributed by atoms with Crippen molar-refractivity contribution in [1.29, 1.82) is 0 Å². The van der Waals surface area contributed by atoms with Crippen molar-refractivity contribution >= 4 is 45.3 Å². The van der Waals surface area contributed by atoms with Gasteiger partial charge in [-0.05, 0) is 24.3 Å². The Labute approximate surface area is 268 Å². The molecular weight excluding hydrogens is 629 g/mol. The van der Waals surface area contributed by atoms with Crippen LogP contribution >= 0.6 is 45.3 Å². The third kappa shape index (κ3) is 6.48. The maximum atomic E-state index is 6.36. The van der Waals surface area contributed by atoms with Gasteiger partial charge in [-0.25, -0.2) is 0 Å². The average molecular weight is 665 g/mol. The molecule has 0 amide bonds. The molecule has 4 aromatic heterocycles. The number of thiophene rings is 4. The first-order valence-corrected chi connectivity index (χ1v) is 17.3. The van der Waals surface area contributed by atoms with Crippen LogP contribution in [0.15, 0.2) is 35.0 Å². The normalized spacial score (nSPS) is 17.0. The van der Waals surface area contributed by atoms with Gasteiger partial charge in [0.05, 0.1) is 47.0 Å². The molecule has 6 heterocycles. The minimum atomic E-state index is -0.343. The number of methoxy groups -OCH3 is 4. The Morgan fingerprint density at radius 3 is 1.37 bits per heavy atom. The minimum Gasteiger partial charge on any atom is -0.488 e. The summed E-state index contributed by atoms with van der Waals surface area (Å²) in [7, 11) is 6.78. The number of hydrogen-bond acceptors (Lipinski definition) is 12. The lowest BCUT2D eigenvalue weighted by atomic mass is 9.92. The zero-order valence-electron chi connectivity index (χ0n) is 24.7. The van der Waals surface area contributed by atoms with Crippen molar-refractivity contribution in [2.24, 2.45) is 10.8 Å². The third-order valence-corrected chi connectivity index (χ3v) is 11.9. The van der Waals surface area contributed by atoms with Gasteiger partial charge in [0.2, 0.25) is 0 Å². The second kappa shape index (κ2) is 13.5. The van der Waals surface area contributed by atoms with Crippen LogP contribution in [0.1, 0.15) is 9.75 Å². The fourth-order valence-corrected chi connectivity index (χ4v) is 9.74. The first kappa shape index (κ1) is 30.8. The van der Waals surface area contributed by atoms with Crippen molar-refractivity contribution in [3.8, 4) is 42.5 Å². The molecule has 0 fully saturated rings. The lowest BCUT2D eigenvalue weighted by Gasteiger charge is -2.29. The van der Waals surface area contributed by atoms with Gasteiger partial charge in [-0.15, -0.1) is 45.3 Å². The van der Waals surface area contributed by atoms with Gasteiger partial charge in [0.1, 0.15) is 26.4 Å². The first-order chi connectivity index (χ1) is 21.0. The Kier molecular flexibility index (Phi) is 9.65. The fourth-order valence-electron chi connectivity index (χ4n) is 5.47. The topological polar surface area (TPSA) is 73.8 Å². The van der Waals surface area contributed by atoms with Crippen LogP contribution in [0.4, 0.5) is 0 Å². The van der Waals surface area contributed by atoms with Gasteiger partial charge in [0.15, 0.2) is 23.0 Å². The van der Waals surface area contributed by atoms with E-state index in [4.69, 9.17) is 37.9 Å². The molecule has 0 spiro atoms. The van der Waals surface area contributed by atoms with Crippen molar-refractivity contribution in [2.75, 3.05) is 81.3 Å². The molecule has 4 aromatic rings. The molecule has 0 saturated carbocycles. The summed E-state index contributed by atoms with van der Waals surface area (Å²) in [5.74, 6) is 3.20. The van der Waals surface area contributed by atoms with Crippen LogP contribution in [0, 0.1) is 10.8 Å². The van der Waals surface area contributed by atoms with E-state index in [1.165, 1.54) is 19.5 Å². The van der Waals surface area contributed by atoms with Crippen molar-refractivity contribution in [3.05, 3.63) is 44.8 Å². The molecule has 43 heavy (non-hydrogen) atoms.